The zero-order chi connectivity index (χ0) is 19.9. The molecule has 1 aromatic carbocycles. The molecule has 0 saturated carbocycles. The van der Waals surface area contributed by atoms with Crippen LogP contribution in [0.15, 0.2) is 47.1 Å². The van der Waals surface area contributed by atoms with Gasteiger partial charge in [0.1, 0.15) is 40.7 Å². The smallest absolute Gasteiger partial charge is 0.229 e. The summed E-state index contributed by atoms with van der Waals surface area (Å²) >= 11 is 0. The minimum atomic E-state index is -0.183. The van der Waals surface area contributed by atoms with Gasteiger partial charge in [0.05, 0.1) is 5.56 Å². The Morgan fingerprint density at radius 3 is 2.61 bits per heavy atom. The van der Waals surface area contributed by atoms with Gasteiger partial charge in [-0.25, -0.2) is 15.0 Å². The van der Waals surface area contributed by atoms with Gasteiger partial charge in [-0.05, 0) is 23.4 Å². The number of hydrogen-bond donors (Lipinski definition) is 2. The number of anilines is 2. The Morgan fingerprint density at radius 2 is 1.89 bits per heavy atom. The summed E-state index contributed by atoms with van der Waals surface area (Å²) in [7, 11) is 6.19. The third-order valence-corrected chi connectivity index (χ3v) is 4.09. The maximum Gasteiger partial charge on any atom is 0.229 e. The first-order valence-electron chi connectivity index (χ1n) is 9.01. The predicted octanol–water partition coefficient (Wildman–Crippen LogP) is 0.319. The van der Waals surface area contributed by atoms with E-state index in [0.717, 1.165) is 21.9 Å². The van der Waals surface area contributed by atoms with Crippen molar-refractivity contribution in [3.05, 3.63) is 42.7 Å². The number of nitrogens with zero attached hydrogens (tertiary/aromatic N) is 3. The van der Waals surface area contributed by atoms with E-state index < -0.39 is 0 Å². The summed E-state index contributed by atoms with van der Waals surface area (Å²) in [5, 5.41) is 7.62. The molecule has 0 aliphatic carbocycles. The van der Waals surface area contributed by atoms with E-state index in [2.05, 4.69) is 49.1 Å². The Bertz CT molecular complexity index is 1170. The number of fused-ring (bicyclic) bond motifs is 2. The largest absolute Gasteiger partial charge is 0.436 e. The summed E-state index contributed by atoms with van der Waals surface area (Å²) in [6.45, 7) is 1.45. The molecule has 0 unspecified atom stereocenters. The van der Waals surface area contributed by atoms with Crippen LogP contribution >= 0.6 is 0 Å². The molecule has 0 aliphatic heterocycles. The molecule has 3 aromatic heterocycles. The van der Waals surface area contributed by atoms with Gasteiger partial charge in [-0.1, -0.05) is 12.1 Å². The number of amides is 1. The van der Waals surface area contributed by atoms with Crippen molar-refractivity contribution in [1.82, 2.24) is 15.0 Å². The van der Waals surface area contributed by atoms with Gasteiger partial charge in [0.25, 0.3) is 0 Å². The van der Waals surface area contributed by atoms with Gasteiger partial charge in [0.2, 0.25) is 11.8 Å². The molecule has 0 fully saturated rings. The van der Waals surface area contributed by atoms with Crippen molar-refractivity contribution in [3.8, 4) is 11.5 Å². The van der Waals surface area contributed by atoms with E-state index in [0.29, 0.717) is 23.1 Å². The fraction of sp³-hybridized carbons (Fsp3) is 0.111. The van der Waals surface area contributed by atoms with Crippen LogP contribution in [-0.4, -0.2) is 49.6 Å². The lowest BCUT2D eigenvalue weighted by Gasteiger charge is -2.23. The molecule has 4 aromatic rings. The summed E-state index contributed by atoms with van der Waals surface area (Å²) in [6, 6.07) is 9.42. The second-order valence-electron chi connectivity index (χ2n) is 7.68. The number of aromatic nitrogens is 3. The highest BCUT2D eigenvalue weighted by Gasteiger charge is 2.18. The second-order valence-corrected chi connectivity index (χ2v) is 7.68. The van der Waals surface area contributed by atoms with Crippen molar-refractivity contribution >= 4 is 63.0 Å². The molecule has 0 atom stereocenters. The molecule has 28 heavy (non-hydrogen) atoms. The summed E-state index contributed by atoms with van der Waals surface area (Å²) in [4.78, 5) is 25.0. The second kappa shape index (κ2) is 6.71. The highest BCUT2D eigenvalue weighted by Crippen LogP contribution is 2.34. The van der Waals surface area contributed by atoms with E-state index >= 15 is 0 Å². The van der Waals surface area contributed by atoms with Gasteiger partial charge in [0.15, 0.2) is 5.58 Å². The number of oxazole rings is 1. The van der Waals surface area contributed by atoms with Gasteiger partial charge < -0.3 is 15.1 Å². The minimum Gasteiger partial charge on any atom is -0.436 e. The van der Waals surface area contributed by atoms with Crippen molar-refractivity contribution in [2.24, 2.45) is 0 Å². The number of carbonyl (C=O) groups excluding carboxylic acids is 1. The van der Waals surface area contributed by atoms with E-state index in [1.807, 2.05) is 30.3 Å². The number of pyridine rings is 2. The fourth-order valence-electron chi connectivity index (χ4n) is 3.00. The van der Waals surface area contributed by atoms with Crippen LogP contribution in [0.5, 0.6) is 0 Å². The van der Waals surface area contributed by atoms with E-state index in [1.165, 1.54) is 6.92 Å². The summed E-state index contributed by atoms with van der Waals surface area (Å²) < 4.78 is 5.94. The van der Waals surface area contributed by atoms with Crippen LogP contribution < -0.4 is 10.6 Å². The SMILES string of the molecule is BC(B)(B)Nc1ncc(-c2nc3ccccc3o2)c2cc(NC(C)=O)ncc12. The molecular formula is C18H18B3N5O2. The summed E-state index contributed by atoms with van der Waals surface area (Å²) in [5.41, 5.74) is 2.22. The van der Waals surface area contributed by atoms with Crippen LogP contribution in [0.1, 0.15) is 6.92 Å². The van der Waals surface area contributed by atoms with Gasteiger partial charge in [-0.3, -0.25) is 4.79 Å². The summed E-state index contributed by atoms with van der Waals surface area (Å²) in [6.07, 6.45) is 3.44. The standard InChI is InChI=1S/C18H18B3N5O2/c1-9(27)24-15-6-10-11(7-22-15)16(26-18(19,20)21)23-8-12(10)17-25-13-4-2-3-5-14(13)28-17/h2-8H,19-21H2,1H3,(H,23,26)(H,22,24,27). The number of hydrogen-bond acceptors (Lipinski definition) is 6. The quantitative estimate of drug-likeness (QED) is 0.504. The number of rotatable bonds is 4. The highest BCUT2D eigenvalue weighted by atomic mass is 16.3. The lowest BCUT2D eigenvalue weighted by Crippen LogP contribution is -2.40. The number of para-hydroxylation sites is 2. The molecule has 2 N–H and O–H groups in total. The first-order chi connectivity index (χ1) is 13.3. The molecular weight excluding hydrogens is 351 g/mol. The van der Waals surface area contributed by atoms with Crippen molar-refractivity contribution in [2.45, 2.75) is 12.2 Å². The third-order valence-electron chi connectivity index (χ3n) is 4.09. The normalized spacial score (nSPS) is 11.6. The average Bonchev–Trinajstić information content (AvgIpc) is 3.03. The predicted molar refractivity (Wildman–Crippen MR) is 119 cm³/mol. The van der Waals surface area contributed by atoms with E-state index in [9.17, 15) is 4.79 Å². The van der Waals surface area contributed by atoms with E-state index in [-0.39, 0.29) is 11.1 Å². The Kier molecular flexibility index (Phi) is 4.33. The van der Waals surface area contributed by atoms with Crippen molar-refractivity contribution in [2.75, 3.05) is 10.6 Å². The lowest BCUT2D eigenvalue weighted by molar-refractivity contribution is -0.114. The van der Waals surface area contributed by atoms with Gasteiger partial charge in [0, 0.05) is 30.1 Å². The molecule has 0 aliphatic rings. The lowest BCUT2D eigenvalue weighted by atomic mass is 9.49. The monoisotopic (exact) mass is 369 g/mol. The van der Waals surface area contributed by atoms with Crippen LogP contribution in [0.3, 0.4) is 0 Å². The Labute approximate surface area is 164 Å². The molecule has 0 bridgehead atoms. The minimum absolute atomic E-state index is 0.171. The molecule has 4 rings (SSSR count). The molecule has 7 nitrogen and oxygen atoms in total. The van der Waals surface area contributed by atoms with Gasteiger partial charge >= 0.3 is 0 Å². The molecule has 3 heterocycles. The Balaban J connectivity index is 1.93. The molecule has 0 radical (unpaired) electrons. The maximum absolute atomic E-state index is 11.5. The molecule has 10 heteroatoms. The van der Waals surface area contributed by atoms with Crippen LogP contribution in [0.4, 0.5) is 11.6 Å². The Hall–Kier alpha value is -3.29. The highest BCUT2D eigenvalue weighted by molar-refractivity contribution is 6.60. The van der Waals surface area contributed by atoms with Crippen molar-refractivity contribution in [3.63, 3.8) is 0 Å². The number of carbonyl (C=O) groups is 1. The fourth-order valence-corrected chi connectivity index (χ4v) is 3.00. The molecule has 136 valence electrons. The topological polar surface area (TPSA) is 92.9 Å². The molecule has 1 amide bonds. The number of nitrogens with one attached hydrogen (secondary N) is 2. The van der Waals surface area contributed by atoms with Gasteiger partial charge in [-0.15, -0.1) is 0 Å². The molecule has 0 spiro atoms. The first kappa shape index (κ1) is 18.1. The zero-order valence-electron chi connectivity index (χ0n) is 16.2. The maximum atomic E-state index is 11.5. The summed E-state index contributed by atoms with van der Waals surface area (Å²) in [5.74, 6) is 1.47. The van der Waals surface area contributed by atoms with Crippen molar-refractivity contribution in [1.29, 1.82) is 0 Å². The first-order valence-corrected chi connectivity index (χ1v) is 9.01. The van der Waals surface area contributed by atoms with Crippen molar-refractivity contribution < 1.29 is 9.21 Å². The molecule has 0 saturated heterocycles. The van der Waals surface area contributed by atoms with Crippen LogP contribution in [0.25, 0.3) is 33.3 Å². The number of benzene rings is 1. The van der Waals surface area contributed by atoms with Gasteiger partial charge in [-0.2, -0.15) is 0 Å². The van der Waals surface area contributed by atoms with E-state index in [4.69, 9.17) is 4.42 Å². The zero-order valence-corrected chi connectivity index (χ0v) is 16.2. The van der Waals surface area contributed by atoms with Crippen LogP contribution in [-0.2, 0) is 4.79 Å². The van der Waals surface area contributed by atoms with E-state index in [1.54, 1.807) is 12.4 Å². The van der Waals surface area contributed by atoms with Crippen LogP contribution in [0, 0.1) is 0 Å². The van der Waals surface area contributed by atoms with Crippen LogP contribution in [0.2, 0.25) is 0 Å². The average molecular weight is 369 g/mol. The Morgan fingerprint density at radius 1 is 1.11 bits per heavy atom. The third kappa shape index (κ3) is 3.58.